The zero-order valence-electron chi connectivity index (χ0n) is 27.3. The maximum Gasteiger partial charge on any atom is 0.330 e. The van der Waals surface area contributed by atoms with E-state index in [9.17, 15) is 19.2 Å². The first-order valence-corrected chi connectivity index (χ1v) is 16.0. The summed E-state index contributed by atoms with van der Waals surface area (Å²) < 4.78 is 13.3. The summed E-state index contributed by atoms with van der Waals surface area (Å²) >= 11 is 7.12. The van der Waals surface area contributed by atoms with Gasteiger partial charge < -0.3 is 30.0 Å². The number of nitrogens with one attached hydrogen (secondary N) is 3. The predicted octanol–water partition coefficient (Wildman–Crippen LogP) is 3.37. The second-order valence-electron chi connectivity index (χ2n) is 12.3. The number of hydrogen-bond donors (Lipinski definition) is 3. The number of aryl methyl sites for hydroxylation is 1. The van der Waals surface area contributed by atoms with E-state index in [-0.39, 0.29) is 36.1 Å². The molecule has 12 nitrogen and oxygen atoms in total. The second kappa shape index (κ2) is 13.4. The van der Waals surface area contributed by atoms with Crippen LogP contribution >= 0.6 is 11.6 Å². The minimum atomic E-state index is -0.679. The fourth-order valence-corrected chi connectivity index (χ4v) is 6.89. The molecule has 4 aromatic rings. The fraction of sp³-hybridized carbons (Fsp3) is 0.343. The Morgan fingerprint density at radius 2 is 1.85 bits per heavy atom. The van der Waals surface area contributed by atoms with Crippen LogP contribution in [0.4, 0.5) is 5.69 Å². The monoisotopic (exact) mass is 672 g/mol. The van der Waals surface area contributed by atoms with Crippen LogP contribution in [0.1, 0.15) is 40.0 Å². The van der Waals surface area contributed by atoms with Gasteiger partial charge in [-0.25, -0.2) is 9.78 Å². The minimum Gasteiger partial charge on any atom is -0.481 e. The van der Waals surface area contributed by atoms with Crippen molar-refractivity contribution in [3.63, 3.8) is 0 Å². The molecular weight excluding hydrogens is 636 g/mol. The smallest absolute Gasteiger partial charge is 0.330 e. The summed E-state index contributed by atoms with van der Waals surface area (Å²) in [5.41, 5.74) is 4.93. The number of amides is 2. The Hall–Kier alpha value is -4.78. The number of pyridine rings is 1. The van der Waals surface area contributed by atoms with Crippen molar-refractivity contribution in [2.24, 2.45) is 20.0 Å². The number of anilines is 1. The number of benzene rings is 2. The number of carbonyl (C=O) groups is 2. The molecule has 2 aliphatic rings. The average molecular weight is 673 g/mol. The number of rotatable bonds is 8. The Morgan fingerprint density at radius 1 is 1.12 bits per heavy atom. The summed E-state index contributed by atoms with van der Waals surface area (Å²) in [5.74, 6) is 0.0327. The molecule has 2 aromatic carbocycles. The number of morpholine rings is 1. The summed E-state index contributed by atoms with van der Waals surface area (Å²) in [7, 11) is 4.42. The molecule has 1 aliphatic heterocycles. The first-order chi connectivity index (χ1) is 23.0. The molecule has 3 N–H and O–H groups in total. The Labute approximate surface area is 282 Å². The third-order valence-electron chi connectivity index (χ3n) is 9.06. The van der Waals surface area contributed by atoms with E-state index in [0.717, 1.165) is 44.4 Å². The molecular formula is C35H37ClN6O6. The highest BCUT2D eigenvalue weighted by atomic mass is 35.5. The number of carbonyl (C=O) groups excluding carboxylic acids is 2. The SMILES string of the molecule is COc1nc(-c2cccc(-c3cccc(NC(=O)c4cn(C)c(=O)n(C)c4=O)c3C)c2Cl)cc2c1[C@@H](NC[C@@H]1COCC(=O)N1)[C@H](C)C2. The van der Waals surface area contributed by atoms with Gasteiger partial charge in [-0.1, -0.05) is 48.9 Å². The van der Waals surface area contributed by atoms with Crippen LogP contribution in [0.5, 0.6) is 5.88 Å². The van der Waals surface area contributed by atoms with Crippen molar-refractivity contribution in [1.29, 1.82) is 0 Å². The highest BCUT2D eigenvalue weighted by molar-refractivity contribution is 6.36. The number of aromatic nitrogens is 3. The van der Waals surface area contributed by atoms with Gasteiger partial charge in [0.15, 0.2) is 0 Å². The van der Waals surface area contributed by atoms with Gasteiger partial charge >= 0.3 is 5.69 Å². The van der Waals surface area contributed by atoms with Crippen LogP contribution in [0.2, 0.25) is 5.02 Å². The lowest BCUT2D eigenvalue weighted by atomic mass is 9.96. The highest BCUT2D eigenvalue weighted by Crippen LogP contribution is 2.44. The lowest BCUT2D eigenvalue weighted by molar-refractivity contribution is -0.131. The molecule has 1 fully saturated rings. The van der Waals surface area contributed by atoms with Crippen molar-refractivity contribution in [3.05, 3.63) is 96.8 Å². The van der Waals surface area contributed by atoms with E-state index in [1.54, 1.807) is 19.2 Å². The fourth-order valence-electron chi connectivity index (χ4n) is 6.57. The van der Waals surface area contributed by atoms with Gasteiger partial charge in [0, 0.05) is 55.3 Å². The topological polar surface area (TPSA) is 146 Å². The van der Waals surface area contributed by atoms with E-state index in [2.05, 4.69) is 28.9 Å². The quantitative estimate of drug-likeness (QED) is 0.258. The number of ether oxygens (including phenoxy) is 2. The largest absolute Gasteiger partial charge is 0.481 e. The lowest BCUT2D eigenvalue weighted by Gasteiger charge is -2.27. The van der Waals surface area contributed by atoms with Gasteiger partial charge in [-0.2, -0.15) is 0 Å². The summed E-state index contributed by atoms with van der Waals surface area (Å²) in [6.45, 7) is 5.14. The van der Waals surface area contributed by atoms with Crippen molar-refractivity contribution in [1.82, 2.24) is 24.8 Å². The van der Waals surface area contributed by atoms with Crippen molar-refractivity contribution >= 4 is 29.1 Å². The number of nitrogens with zero attached hydrogens (tertiary/aromatic N) is 3. The Balaban J connectivity index is 1.30. The zero-order chi connectivity index (χ0) is 34.3. The third-order valence-corrected chi connectivity index (χ3v) is 9.47. The van der Waals surface area contributed by atoms with Gasteiger partial charge in [0.05, 0.1) is 30.5 Å². The molecule has 3 atom stereocenters. The number of fused-ring (bicyclic) bond motifs is 1. The van der Waals surface area contributed by atoms with Crippen LogP contribution in [0, 0.1) is 12.8 Å². The van der Waals surface area contributed by atoms with Gasteiger partial charge in [-0.05, 0) is 48.1 Å². The number of halogens is 1. The van der Waals surface area contributed by atoms with Gasteiger partial charge in [0.1, 0.15) is 12.2 Å². The Morgan fingerprint density at radius 3 is 2.60 bits per heavy atom. The molecule has 13 heteroatoms. The van der Waals surface area contributed by atoms with Gasteiger partial charge in [-0.15, -0.1) is 0 Å². The van der Waals surface area contributed by atoms with Crippen molar-refractivity contribution in [2.45, 2.75) is 32.4 Å². The van der Waals surface area contributed by atoms with Crippen molar-refractivity contribution in [3.8, 4) is 28.3 Å². The van der Waals surface area contributed by atoms with E-state index in [1.807, 2.05) is 31.2 Å². The molecule has 6 rings (SSSR count). The van der Waals surface area contributed by atoms with Crippen LogP contribution in [-0.4, -0.2) is 58.8 Å². The molecule has 0 radical (unpaired) electrons. The van der Waals surface area contributed by atoms with Crippen LogP contribution in [0.3, 0.4) is 0 Å². The normalized spacial score (nSPS) is 18.7. The lowest BCUT2D eigenvalue weighted by Crippen LogP contribution is -2.51. The van der Waals surface area contributed by atoms with E-state index < -0.39 is 17.2 Å². The van der Waals surface area contributed by atoms with Gasteiger partial charge in [-0.3, -0.25) is 19.0 Å². The minimum absolute atomic E-state index is 0.0151. The van der Waals surface area contributed by atoms with Crippen LogP contribution in [0.25, 0.3) is 22.4 Å². The maximum atomic E-state index is 13.2. The average Bonchev–Trinajstić information content (AvgIpc) is 3.39. The van der Waals surface area contributed by atoms with Crippen LogP contribution in [0.15, 0.2) is 58.3 Å². The van der Waals surface area contributed by atoms with Crippen molar-refractivity contribution < 1.29 is 19.1 Å². The first kappa shape index (κ1) is 33.1. The molecule has 2 aromatic heterocycles. The van der Waals surface area contributed by atoms with Crippen molar-refractivity contribution in [2.75, 3.05) is 32.2 Å². The summed E-state index contributed by atoms with van der Waals surface area (Å²) in [6, 6.07) is 13.1. The molecule has 1 aliphatic carbocycles. The van der Waals surface area contributed by atoms with Crippen LogP contribution in [-0.2, 0) is 30.0 Å². The van der Waals surface area contributed by atoms with E-state index in [4.69, 9.17) is 26.1 Å². The van der Waals surface area contributed by atoms with Crippen LogP contribution < -0.4 is 31.9 Å². The van der Waals surface area contributed by atoms with E-state index in [1.165, 1.54) is 24.9 Å². The Kier molecular flexibility index (Phi) is 9.24. The van der Waals surface area contributed by atoms with E-state index in [0.29, 0.717) is 35.4 Å². The highest BCUT2D eigenvalue weighted by Gasteiger charge is 2.35. The molecule has 0 unspecified atom stereocenters. The molecule has 0 saturated carbocycles. The van der Waals surface area contributed by atoms with E-state index >= 15 is 0 Å². The summed E-state index contributed by atoms with van der Waals surface area (Å²) in [4.78, 5) is 54.6. The number of methoxy groups -OCH3 is 1. The Bertz CT molecular complexity index is 2060. The summed E-state index contributed by atoms with van der Waals surface area (Å²) in [6.07, 6.45) is 2.05. The number of hydrogen-bond acceptors (Lipinski definition) is 8. The standard InChI is InChI=1S/C35H37ClN6O6/c1-18-12-20-13-27(40-33(47-5)29(20)31(18)37-14-21-16-48-17-28(43)38-21)24-10-6-9-23(30(24)36)22-8-7-11-26(19(22)2)39-32(44)25-15-41(3)35(46)42(4)34(25)45/h6-11,13,15,18,21,31,37H,12,14,16-17H2,1-5H3,(H,38,43)(H,39,44)/t18-,21-,31+/m1/s1. The maximum absolute atomic E-state index is 13.2. The molecule has 1 saturated heterocycles. The third kappa shape index (κ3) is 6.14. The second-order valence-corrected chi connectivity index (χ2v) is 12.7. The molecule has 3 heterocycles. The molecule has 0 spiro atoms. The molecule has 0 bridgehead atoms. The predicted molar refractivity (Wildman–Crippen MR) is 183 cm³/mol. The summed E-state index contributed by atoms with van der Waals surface area (Å²) in [5, 5.41) is 9.87. The first-order valence-electron chi connectivity index (χ1n) is 15.6. The molecule has 250 valence electrons. The van der Waals surface area contributed by atoms with Gasteiger partial charge in [0.2, 0.25) is 11.8 Å². The molecule has 2 amide bonds. The zero-order valence-corrected chi connectivity index (χ0v) is 28.1. The molecule has 48 heavy (non-hydrogen) atoms. The van der Waals surface area contributed by atoms with Gasteiger partial charge in [0.25, 0.3) is 11.5 Å².